The number of benzene rings is 1. The van der Waals surface area contributed by atoms with Crippen LogP contribution in [0.3, 0.4) is 0 Å². The normalized spacial score (nSPS) is 23.5. The van der Waals surface area contributed by atoms with Crippen LogP contribution in [0.25, 0.3) is 0 Å². The van der Waals surface area contributed by atoms with Gasteiger partial charge in [0.25, 0.3) is 0 Å². The Morgan fingerprint density at radius 2 is 2.00 bits per heavy atom. The molecule has 0 aliphatic heterocycles. The van der Waals surface area contributed by atoms with E-state index in [0.717, 1.165) is 25.1 Å². The van der Waals surface area contributed by atoms with Crippen molar-refractivity contribution in [3.63, 3.8) is 0 Å². The number of hydrogen-bond donors (Lipinski definition) is 3. The van der Waals surface area contributed by atoms with Gasteiger partial charge in [0.15, 0.2) is 0 Å². The highest BCUT2D eigenvalue weighted by Crippen LogP contribution is 2.38. The Labute approximate surface area is 153 Å². The van der Waals surface area contributed by atoms with Crippen LogP contribution < -0.4 is 16.4 Å². The Morgan fingerprint density at radius 1 is 1.24 bits per heavy atom. The molecule has 2 rings (SSSR count). The van der Waals surface area contributed by atoms with E-state index in [9.17, 15) is 4.79 Å². The zero-order chi connectivity index (χ0) is 18.2. The Kier molecular flexibility index (Phi) is 7.76. The zero-order valence-corrected chi connectivity index (χ0v) is 16.1. The first kappa shape index (κ1) is 19.8. The molecule has 0 heterocycles. The van der Waals surface area contributed by atoms with Crippen molar-refractivity contribution in [2.24, 2.45) is 29.4 Å². The number of rotatable bonds is 8. The molecule has 0 saturated heterocycles. The van der Waals surface area contributed by atoms with E-state index in [1.807, 2.05) is 12.1 Å². The molecule has 1 amide bonds. The molecular weight excluding hydrogens is 310 g/mol. The quantitative estimate of drug-likeness (QED) is 0.676. The van der Waals surface area contributed by atoms with Crippen LogP contribution in [0.4, 0.5) is 5.69 Å². The van der Waals surface area contributed by atoms with Crippen LogP contribution in [0.2, 0.25) is 0 Å². The second-order valence-corrected chi connectivity index (χ2v) is 7.85. The van der Waals surface area contributed by atoms with Crippen molar-refractivity contribution in [2.75, 3.05) is 25.0 Å². The van der Waals surface area contributed by atoms with Crippen LogP contribution in [0.5, 0.6) is 0 Å². The van der Waals surface area contributed by atoms with Crippen molar-refractivity contribution in [3.8, 4) is 0 Å². The van der Waals surface area contributed by atoms with Gasteiger partial charge in [-0.3, -0.25) is 4.79 Å². The molecule has 0 radical (unpaired) electrons. The molecule has 3 atom stereocenters. The Morgan fingerprint density at radius 3 is 2.72 bits per heavy atom. The van der Waals surface area contributed by atoms with Crippen LogP contribution in [0, 0.1) is 23.7 Å². The van der Waals surface area contributed by atoms with Gasteiger partial charge < -0.3 is 16.4 Å². The fourth-order valence-electron chi connectivity index (χ4n) is 4.07. The van der Waals surface area contributed by atoms with Crippen molar-refractivity contribution in [2.45, 2.75) is 46.5 Å². The molecule has 140 valence electrons. The molecule has 1 saturated carbocycles. The summed E-state index contributed by atoms with van der Waals surface area (Å²) >= 11 is 0. The second kappa shape index (κ2) is 9.81. The predicted molar refractivity (Wildman–Crippen MR) is 106 cm³/mol. The van der Waals surface area contributed by atoms with E-state index in [-0.39, 0.29) is 11.8 Å². The minimum Gasteiger partial charge on any atom is -0.384 e. The van der Waals surface area contributed by atoms with Crippen LogP contribution in [0.1, 0.15) is 45.6 Å². The lowest BCUT2D eigenvalue weighted by atomic mass is 9.70. The molecule has 0 aromatic heterocycles. The minimum absolute atomic E-state index is 0.175. The summed E-state index contributed by atoms with van der Waals surface area (Å²) in [5.41, 5.74) is 7.93. The number of para-hydroxylation sites is 1. The Hall–Kier alpha value is -1.55. The zero-order valence-electron chi connectivity index (χ0n) is 16.1. The van der Waals surface area contributed by atoms with Crippen LogP contribution in [-0.2, 0) is 11.2 Å². The highest BCUT2D eigenvalue weighted by atomic mass is 16.1. The van der Waals surface area contributed by atoms with Gasteiger partial charge in [-0.05, 0) is 48.6 Å². The predicted octanol–water partition coefficient (Wildman–Crippen LogP) is 3.42. The fourth-order valence-corrected chi connectivity index (χ4v) is 4.07. The smallest absolute Gasteiger partial charge is 0.223 e. The van der Waals surface area contributed by atoms with E-state index >= 15 is 0 Å². The first-order valence-corrected chi connectivity index (χ1v) is 9.82. The lowest BCUT2D eigenvalue weighted by Crippen LogP contribution is -2.40. The van der Waals surface area contributed by atoms with Crippen molar-refractivity contribution < 1.29 is 4.79 Å². The topological polar surface area (TPSA) is 67.2 Å². The van der Waals surface area contributed by atoms with Crippen LogP contribution >= 0.6 is 0 Å². The number of carbonyl (C=O) groups excluding carboxylic acids is 1. The molecule has 0 bridgehead atoms. The van der Waals surface area contributed by atoms with E-state index in [1.165, 1.54) is 18.4 Å². The van der Waals surface area contributed by atoms with E-state index in [1.54, 1.807) is 0 Å². The van der Waals surface area contributed by atoms with Gasteiger partial charge >= 0.3 is 0 Å². The van der Waals surface area contributed by atoms with Gasteiger partial charge in [0.1, 0.15) is 0 Å². The summed E-state index contributed by atoms with van der Waals surface area (Å²) in [6.07, 6.45) is 4.31. The van der Waals surface area contributed by atoms with Crippen LogP contribution in [-0.4, -0.2) is 25.5 Å². The number of carbonyl (C=O) groups is 1. The summed E-state index contributed by atoms with van der Waals surface area (Å²) < 4.78 is 0. The van der Waals surface area contributed by atoms with E-state index < -0.39 is 0 Å². The molecule has 1 aromatic rings. The second-order valence-electron chi connectivity index (χ2n) is 7.85. The number of amides is 1. The molecule has 0 spiro atoms. The largest absolute Gasteiger partial charge is 0.384 e. The number of nitrogens with two attached hydrogens (primary N) is 1. The fraction of sp³-hybridized carbons (Fsp3) is 0.667. The van der Waals surface area contributed by atoms with Gasteiger partial charge in [0, 0.05) is 31.2 Å². The first-order valence-electron chi connectivity index (χ1n) is 9.82. The van der Waals surface area contributed by atoms with Crippen molar-refractivity contribution >= 4 is 11.6 Å². The Balaban J connectivity index is 1.89. The maximum absolute atomic E-state index is 12.8. The third-order valence-corrected chi connectivity index (χ3v) is 5.53. The van der Waals surface area contributed by atoms with Gasteiger partial charge in [-0.1, -0.05) is 45.4 Å². The third-order valence-electron chi connectivity index (χ3n) is 5.53. The molecule has 1 fully saturated rings. The van der Waals surface area contributed by atoms with Gasteiger partial charge in [0.2, 0.25) is 5.91 Å². The average molecular weight is 346 g/mol. The molecule has 1 aliphatic rings. The summed E-state index contributed by atoms with van der Waals surface area (Å²) in [5, 5.41) is 6.55. The van der Waals surface area contributed by atoms with E-state index in [2.05, 4.69) is 43.5 Å². The average Bonchev–Trinajstić information content (AvgIpc) is 2.60. The van der Waals surface area contributed by atoms with Crippen molar-refractivity contribution in [3.05, 3.63) is 29.8 Å². The summed E-state index contributed by atoms with van der Waals surface area (Å²) in [5.74, 6) is 2.18. The van der Waals surface area contributed by atoms with Gasteiger partial charge in [-0.2, -0.15) is 0 Å². The highest BCUT2D eigenvalue weighted by Gasteiger charge is 2.35. The first-order chi connectivity index (χ1) is 12.0. The maximum atomic E-state index is 12.8. The van der Waals surface area contributed by atoms with Gasteiger partial charge in [-0.25, -0.2) is 0 Å². The molecule has 25 heavy (non-hydrogen) atoms. The van der Waals surface area contributed by atoms with Crippen molar-refractivity contribution in [1.82, 2.24) is 5.32 Å². The number of nitrogens with one attached hydrogen (secondary N) is 2. The van der Waals surface area contributed by atoms with Crippen LogP contribution in [0.15, 0.2) is 24.3 Å². The van der Waals surface area contributed by atoms with Gasteiger partial charge in [0.05, 0.1) is 0 Å². The molecule has 4 nitrogen and oxygen atoms in total. The summed E-state index contributed by atoms with van der Waals surface area (Å²) in [6.45, 7) is 8.84. The number of anilines is 1. The molecular formula is C21H35N3O. The molecule has 4 N–H and O–H groups in total. The lowest BCUT2D eigenvalue weighted by Gasteiger charge is -2.36. The minimum atomic E-state index is 0.175. The Bertz CT molecular complexity index is 544. The third kappa shape index (κ3) is 5.74. The summed E-state index contributed by atoms with van der Waals surface area (Å²) in [4.78, 5) is 12.8. The summed E-state index contributed by atoms with van der Waals surface area (Å²) in [7, 11) is 0. The molecule has 1 aliphatic carbocycles. The molecule has 0 unspecified atom stereocenters. The maximum Gasteiger partial charge on any atom is 0.223 e. The number of hydrogen-bond acceptors (Lipinski definition) is 3. The van der Waals surface area contributed by atoms with Gasteiger partial charge in [-0.15, -0.1) is 0 Å². The standard InChI is InChI=1S/C21H35N3O/c1-15(2)18-9-8-16(3)14-19(18)21(25)24-12-10-17-6-4-5-7-20(17)23-13-11-22/h4-7,15-16,18-19,23H,8-14,22H2,1-3H3,(H,24,25)/t16-,18+,19+/m0/s1. The molecule has 1 aromatic carbocycles. The van der Waals surface area contributed by atoms with Crippen molar-refractivity contribution in [1.29, 1.82) is 0 Å². The monoisotopic (exact) mass is 345 g/mol. The lowest BCUT2D eigenvalue weighted by molar-refractivity contribution is -0.129. The van der Waals surface area contributed by atoms with E-state index in [4.69, 9.17) is 5.73 Å². The SMILES string of the molecule is CC(C)[C@H]1CC[C@H](C)C[C@H]1C(=O)NCCc1ccccc1NCCN. The molecule has 4 heteroatoms. The van der Waals surface area contributed by atoms with E-state index in [0.29, 0.717) is 30.8 Å². The highest BCUT2D eigenvalue weighted by molar-refractivity contribution is 5.79. The summed E-state index contributed by atoms with van der Waals surface area (Å²) in [6, 6.07) is 8.26.